The molecule has 0 N–H and O–H groups in total. The number of esters is 1. The average molecular weight is 672 g/mol. The van der Waals surface area contributed by atoms with E-state index in [1.54, 1.807) is 0 Å². The van der Waals surface area contributed by atoms with Crippen LogP contribution in [-0.4, -0.2) is 40.5 Å². The second-order valence-electron chi connectivity index (χ2n) is 14.3. The molecule has 0 saturated heterocycles. The number of carbonyl (C=O) groups is 1. The first-order valence-electron chi connectivity index (χ1n) is 15.1. The van der Waals surface area contributed by atoms with Crippen molar-refractivity contribution in [2.75, 3.05) is 6.61 Å². The number of rotatable bonds is 7. The molecule has 0 unspecified atom stereocenters. The van der Waals surface area contributed by atoms with Crippen LogP contribution >= 0.6 is 0 Å². The third kappa shape index (κ3) is 5.14. The summed E-state index contributed by atoms with van der Waals surface area (Å²) in [5.41, 5.74) is 2.95. The topological polar surface area (TPSA) is 44.1 Å². The van der Waals surface area contributed by atoms with Crippen molar-refractivity contribution in [1.82, 2.24) is 9.55 Å². The zero-order chi connectivity index (χ0) is 31.0. The van der Waals surface area contributed by atoms with Crippen molar-refractivity contribution in [3.63, 3.8) is 0 Å². The minimum atomic E-state index is -3.87. The Bertz CT molecular complexity index is 1360. The van der Waals surface area contributed by atoms with Gasteiger partial charge < -0.3 is 0 Å². The molecule has 0 saturated carbocycles. The van der Waals surface area contributed by atoms with Gasteiger partial charge in [-0.2, -0.15) is 0 Å². The van der Waals surface area contributed by atoms with Crippen LogP contribution in [0, 0.1) is 0 Å². The van der Waals surface area contributed by atoms with Crippen molar-refractivity contribution in [1.29, 1.82) is 0 Å². The Balaban J connectivity index is 2.35. The number of hydrogen-bond donors (Lipinski definition) is 0. The second-order valence-corrected chi connectivity index (χ2v) is 32.7. The van der Waals surface area contributed by atoms with Crippen molar-refractivity contribution in [3.8, 4) is 0 Å². The van der Waals surface area contributed by atoms with Gasteiger partial charge in [-0.05, 0) is 0 Å². The van der Waals surface area contributed by atoms with Gasteiger partial charge in [0.15, 0.2) is 0 Å². The van der Waals surface area contributed by atoms with Crippen LogP contribution < -0.4 is 3.84 Å². The summed E-state index contributed by atoms with van der Waals surface area (Å²) >= 11 is -3.87. The van der Waals surface area contributed by atoms with E-state index in [4.69, 9.17) is 9.72 Å². The summed E-state index contributed by atoms with van der Waals surface area (Å²) in [6, 6.07) is 32.0. The molecule has 0 atom stereocenters. The zero-order valence-corrected chi connectivity index (χ0v) is 30.0. The van der Waals surface area contributed by atoms with Crippen LogP contribution in [0.3, 0.4) is 0 Å². The fourth-order valence-electron chi connectivity index (χ4n) is 8.54. The van der Waals surface area contributed by atoms with E-state index in [0.717, 1.165) is 20.5 Å². The fraction of sp³-hybridized carbons (Fsp3) is 0.405. The standard InChI is InChI=1S/C25H21N2O2.3C4H9.Sn/c1-2-29-24(28)23-18-27(19-26-23)25(20-12-6-3-7-13-20,21-14-8-4-9-15-21)22-16-10-5-11-17-22;3*1-4(2)3;/h3-18H,2H2,1H3;3*1-3H3;. The van der Waals surface area contributed by atoms with Gasteiger partial charge in [0.1, 0.15) is 0 Å². The van der Waals surface area contributed by atoms with E-state index >= 15 is 0 Å². The Morgan fingerprint density at radius 3 is 1.33 bits per heavy atom. The Labute approximate surface area is 257 Å². The Hall–Kier alpha value is -2.86. The molecule has 4 nitrogen and oxygen atoms in total. The average Bonchev–Trinajstić information content (AvgIpc) is 3.34. The number of imidazole rings is 1. The van der Waals surface area contributed by atoms with Gasteiger partial charge in [-0.3, -0.25) is 0 Å². The molecule has 0 radical (unpaired) electrons. The maximum atomic E-state index is 13.5. The van der Waals surface area contributed by atoms with Crippen LogP contribution in [0.25, 0.3) is 0 Å². The normalized spacial score (nSPS) is 13.2. The van der Waals surface area contributed by atoms with E-state index in [2.05, 4.69) is 158 Å². The van der Waals surface area contributed by atoms with Crippen LogP contribution in [-0.2, 0) is 10.3 Å². The van der Waals surface area contributed by atoms with Gasteiger partial charge in [0.2, 0.25) is 0 Å². The summed E-state index contributed by atoms with van der Waals surface area (Å²) in [5.74, 6) is -0.377. The van der Waals surface area contributed by atoms with Crippen LogP contribution in [0.1, 0.15) is 96.4 Å². The summed E-state index contributed by atoms with van der Waals surface area (Å²) in [4.78, 5) is 19.0. The molecule has 4 aromatic rings. The van der Waals surface area contributed by atoms with E-state index in [9.17, 15) is 4.79 Å². The van der Waals surface area contributed by atoms with Crippen LogP contribution in [0.4, 0.5) is 0 Å². The molecule has 0 aliphatic rings. The quantitative estimate of drug-likeness (QED) is 0.112. The molecule has 42 heavy (non-hydrogen) atoms. The number of aromatic nitrogens is 2. The van der Waals surface area contributed by atoms with Gasteiger partial charge in [-0.15, -0.1) is 0 Å². The van der Waals surface area contributed by atoms with E-state index in [0.29, 0.717) is 12.3 Å². The molecular weight excluding hydrogens is 623 g/mol. The van der Waals surface area contributed by atoms with Crippen molar-refractivity contribution >= 4 is 28.2 Å². The van der Waals surface area contributed by atoms with Crippen LogP contribution in [0.2, 0.25) is 10.3 Å². The molecule has 0 bridgehead atoms. The number of carbonyl (C=O) groups excluding carboxylic acids is 1. The molecule has 222 valence electrons. The molecule has 3 aromatic carbocycles. The van der Waals surface area contributed by atoms with Gasteiger partial charge in [0.25, 0.3) is 0 Å². The summed E-state index contributed by atoms with van der Waals surface area (Å²) in [7, 11) is 0. The van der Waals surface area contributed by atoms with Crippen molar-refractivity contribution in [3.05, 3.63) is 120 Å². The Morgan fingerprint density at radius 1 is 0.667 bits per heavy atom. The van der Waals surface area contributed by atoms with E-state index in [-0.39, 0.29) is 16.3 Å². The van der Waals surface area contributed by atoms with Gasteiger partial charge in [-0.25, -0.2) is 0 Å². The fourth-order valence-corrected chi connectivity index (χ4v) is 36.1. The van der Waals surface area contributed by atoms with Crippen molar-refractivity contribution < 1.29 is 9.53 Å². The van der Waals surface area contributed by atoms with Crippen LogP contribution in [0.15, 0.2) is 97.2 Å². The minimum absolute atomic E-state index is 0.0456. The molecule has 0 fully saturated rings. The second kappa shape index (κ2) is 11.7. The van der Waals surface area contributed by atoms with Gasteiger partial charge >= 0.3 is 259 Å². The number of hydrogen-bond acceptors (Lipinski definition) is 3. The SMILES string of the molecule is CCOC(=O)c1cn(C(c2ccccc2)(c2ccccc2)c2ccccc2)[c]([Sn]([C](C)(C)C)([C](C)(C)C)[C](C)(C)C)n1. The molecule has 0 amide bonds. The molecule has 1 heterocycles. The number of nitrogens with zero attached hydrogens (tertiary/aromatic N) is 2. The van der Waals surface area contributed by atoms with Crippen molar-refractivity contribution in [2.45, 2.75) is 85.1 Å². The molecule has 0 aliphatic carbocycles. The third-order valence-corrected chi connectivity index (χ3v) is 31.0. The molecule has 1 aromatic heterocycles. The zero-order valence-electron chi connectivity index (χ0n) is 27.2. The first kappa shape index (κ1) is 32.1. The predicted octanol–water partition coefficient (Wildman–Crippen LogP) is 8.96. The first-order chi connectivity index (χ1) is 19.6. The maximum absolute atomic E-state index is 13.5. The van der Waals surface area contributed by atoms with Crippen LogP contribution in [0.5, 0.6) is 0 Å². The first-order valence-corrected chi connectivity index (χ1v) is 20.8. The number of ether oxygens (including phenoxy) is 1. The molecular formula is C37H48N2O2Sn. The van der Waals surface area contributed by atoms with Gasteiger partial charge in [-0.1, -0.05) is 0 Å². The summed E-state index contributed by atoms with van der Waals surface area (Å²) < 4.78 is 8.95. The Morgan fingerprint density at radius 2 is 1.02 bits per heavy atom. The van der Waals surface area contributed by atoms with E-state index in [1.807, 2.05) is 13.1 Å². The van der Waals surface area contributed by atoms with E-state index < -0.39 is 23.9 Å². The molecule has 5 heteroatoms. The Kier molecular flexibility index (Phi) is 8.91. The van der Waals surface area contributed by atoms with Gasteiger partial charge in [0.05, 0.1) is 0 Å². The summed E-state index contributed by atoms with van der Waals surface area (Å²) in [6.45, 7) is 23.8. The molecule has 4 rings (SSSR count). The predicted molar refractivity (Wildman–Crippen MR) is 177 cm³/mol. The number of benzene rings is 3. The monoisotopic (exact) mass is 672 g/mol. The molecule has 0 spiro atoms. The van der Waals surface area contributed by atoms with Crippen molar-refractivity contribution in [2.24, 2.45) is 0 Å². The summed E-state index contributed by atoms with van der Waals surface area (Å²) in [5, 5.41) is 0. The summed E-state index contributed by atoms with van der Waals surface area (Å²) in [6.07, 6.45) is 2.00. The third-order valence-electron chi connectivity index (χ3n) is 8.84. The molecule has 0 aliphatic heterocycles. The van der Waals surface area contributed by atoms with Gasteiger partial charge in [0, 0.05) is 0 Å². The van der Waals surface area contributed by atoms with E-state index in [1.165, 1.54) is 0 Å².